The van der Waals surface area contributed by atoms with Gasteiger partial charge in [0.1, 0.15) is 5.82 Å². The van der Waals surface area contributed by atoms with Crippen LogP contribution in [0.4, 0.5) is 10.3 Å². The molecule has 5 aromatic rings. The lowest BCUT2D eigenvalue weighted by atomic mass is 9.92. The number of carbonyl (C=O) groups excluding carboxylic acids is 1. The fourth-order valence-electron chi connectivity index (χ4n) is 5.15. The normalized spacial score (nSPS) is 18.7. The van der Waals surface area contributed by atoms with Gasteiger partial charge in [0.05, 0.1) is 42.8 Å². The minimum absolute atomic E-state index is 0.0168. The van der Waals surface area contributed by atoms with Crippen molar-refractivity contribution in [3.05, 3.63) is 120 Å². The zero-order chi connectivity index (χ0) is 31.2. The fraction of sp³-hybridized carbons (Fsp3) is 0.257. The number of halogens is 1. The topological polar surface area (TPSA) is 114 Å². The molecule has 45 heavy (non-hydrogen) atoms. The van der Waals surface area contributed by atoms with Crippen LogP contribution in [0.1, 0.15) is 43.1 Å². The van der Waals surface area contributed by atoms with E-state index in [1.807, 2.05) is 74.5 Å². The molecular weight excluding hydrogens is 571 g/mol. The SMILES string of the molecule is CC(Nc1nccc(-c2[nH]c(C3OCC(C)(CNC(=O)Cc4ccccc4)CO3)nc2-c2ccc(F)cc2)n1)c1ccccc1. The first-order valence-electron chi connectivity index (χ1n) is 14.9. The zero-order valence-electron chi connectivity index (χ0n) is 25.2. The van der Waals surface area contributed by atoms with Crippen molar-refractivity contribution < 1.29 is 18.7 Å². The van der Waals surface area contributed by atoms with Crippen LogP contribution < -0.4 is 10.6 Å². The summed E-state index contributed by atoms with van der Waals surface area (Å²) in [6.07, 6.45) is 1.24. The number of benzene rings is 3. The quantitative estimate of drug-likeness (QED) is 0.172. The molecule has 1 amide bonds. The van der Waals surface area contributed by atoms with Crippen LogP contribution in [-0.4, -0.2) is 45.6 Å². The van der Waals surface area contributed by atoms with Gasteiger partial charge in [-0.05, 0) is 48.4 Å². The van der Waals surface area contributed by atoms with Crippen molar-refractivity contribution in [2.75, 3.05) is 25.1 Å². The maximum atomic E-state index is 13.8. The number of carbonyl (C=O) groups is 1. The van der Waals surface area contributed by atoms with Crippen LogP contribution in [0.25, 0.3) is 22.6 Å². The van der Waals surface area contributed by atoms with E-state index in [0.29, 0.717) is 60.6 Å². The molecule has 3 N–H and O–H groups in total. The van der Waals surface area contributed by atoms with Gasteiger partial charge in [-0.2, -0.15) is 0 Å². The van der Waals surface area contributed by atoms with Gasteiger partial charge in [0.2, 0.25) is 18.1 Å². The predicted molar refractivity (Wildman–Crippen MR) is 169 cm³/mol. The molecule has 1 atom stereocenters. The standard InChI is InChI=1S/C35H35FN6O3/c1-23(25-11-7-4-8-12-25)39-34-37-18-17-28(40-34)31-30(26-13-15-27(36)16-14-26)41-32(42-31)33-44-21-35(2,22-45-33)20-38-29(43)19-24-9-5-3-6-10-24/h3-18,23,33H,19-22H2,1-2H3,(H,38,43)(H,41,42)(H,37,39,40). The number of nitrogens with zero attached hydrogens (tertiary/aromatic N) is 3. The van der Waals surface area contributed by atoms with Gasteiger partial charge in [-0.15, -0.1) is 0 Å². The van der Waals surface area contributed by atoms with Crippen molar-refractivity contribution in [2.45, 2.75) is 32.6 Å². The molecule has 10 heteroatoms. The molecule has 3 heterocycles. The van der Waals surface area contributed by atoms with E-state index >= 15 is 0 Å². The number of nitrogens with one attached hydrogen (secondary N) is 3. The van der Waals surface area contributed by atoms with Crippen LogP contribution in [0.15, 0.2) is 97.2 Å². The predicted octanol–water partition coefficient (Wildman–Crippen LogP) is 6.26. The molecule has 3 aromatic carbocycles. The summed E-state index contributed by atoms with van der Waals surface area (Å²) in [7, 11) is 0. The van der Waals surface area contributed by atoms with Gasteiger partial charge in [0.15, 0.2) is 5.82 Å². The van der Waals surface area contributed by atoms with E-state index in [1.165, 1.54) is 12.1 Å². The van der Waals surface area contributed by atoms with Crippen molar-refractivity contribution in [2.24, 2.45) is 5.41 Å². The first kappa shape index (κ1) is 30.1. The molecule has 6 rings (SSSR count). The highest BCUT2D eigenvalue weighted by atomic mass is 19.1. The Kier molecular flexibility index (Phi) is 8.95. The summed E-state index contributed by atoms with van der Waals surface area (Å²) in [4.78, 5) is 29.9. The molecular formula is C35H35FN6O3. The van der Waals surface area contributed by atoms with Gasteiger partial charge < -0.3 is 25.1 Å². The first-order chi connectivity index (χ1) is 21.8. The van der Waals surface area contributed by atoms with E-state index in [1.54, 1.807) is 24.4 Å². The molecule has 1 fully saturated rings. The number of aromatic amines is 1. The lowest BCUT2D eigenvalue weighted by Crippen LogP contribution is -2.45. The number of hydrogen-bond donors (Lipinski definition) is 3. The molecule has 9 nitrogen and oxygen atoms in total. The summed E-state index contributed by atoms with van der Waals surface area (Å²) in [5.74, 6) is 0.528. The number of imidazole rings is 1. The summed E-state index contributed by atoms with van der Waals surface area (Å²) >= 11 is 0. The number of hydrogen-bond acceptors (Lipinski definition) is 7. The number of aromatic nitrogens is 4. The molecule has 0 radical (unpaired) electrons. The third kappa shape index (κ3) is 7.42. The van der Waals surface area contributed by atoms with E-state index in [2.05, 4.69) is 20.6 Å². The Hall–Kier alpha value is -4.93. The first-order valence-corrected chi connectivity index (χ1v) is 14.9. The number of rotatable bonds is 10. The van der Waals surface area contributed by atoms with Gasteiger partial charge in [-0.25, -0.2) is 19.3 Å². The second kappa shape index (κ2) is 13.4. The van der Waals surface area contributed by atoms with Crippen molar-refractivity contribution in [1.82, 2.24) is 25.3 Å². The molecule has 0 saturated carbocycles. The zero-order valence-corrected chi connectivity index (χ0v) is 25.2. The second-order valence-electron chi connectivity index (χ2n) is 11.6. The Morgan fingerprint density at radius 1 is 0.978 bits per heavy atom. The van der Waals surface area contributed by atoms with Crippen molar-refractivity contribution >= 4 is 11.9 Å². The minimum atomic E-state index is -0.761. The summed E-state index contributed by atoms with van der Waals surface area (Å²) in [6, 6.07) is 27.6. The third-order valence-electron chi connectivity index (χ3n) is 7.71. The average molecular weight is 607 g/mol. The van der Waals surface area contributed by atoms with Gasteiger partial charge in [0.25, 0.3) is 0 Å². The summed E-state index contributed by atoms with van der Waals surface area (Å²) in [5.41, 5.74) is 4.17. The third-order valence-corrected chi connectivity index (χ3v) is 7.71. The highest BCUT2D eigenvalue weighted by molar-refractivity contribution is 5.78. The number of H-pyrrole nitrogens is 1. The van der Waals surface area contributed by atoms with Crippen LogP contribution in [0, 0.1) is 11.2 Å². The Morgan fingerprint density at radius 3 is 2.38 bits per heavy atom. The Bertz CT molecular complexity index is 1720. The van der Waals surface area contributed by atoms with Crippen LogP contribution in [0.5, 0.6) is 0 Å². The molecule has 1 saturated heterocycles. The van der Waals surface area contributed by atoms with Crippen LogP contribution >= 0.6 is 0 Å². The average Bonchev–Trinajstić information content (AvgIpc) is 3.51. The van der Waals surface area contributed by atoms with Crippen molar-refractivity contribution in [1.29, 1.82) is 0 Å². The minimum Gasteiger partial charge on any atom is -0.355 e. The Morgan fingerprint density at radius 2 is 1.67 bits per heavy atom. The van der Waals surface area contributed by atoms with Crippen LogP contribution in [0.3, 0.4) is 0 Å². The van der Waals surface area contributed by atoms with E-state index in [9.17, 15) is 9.18 Å². The van der Waals surface area contributed by atoms with Gasteiger partial charge in [-0.3, -0.25) is 4.79 Å². The highest BCUT2D eigenvalue weighted by Crippen LogP contribution is 2.35. The number of amides is 1. The van der Waals surface area contributed by atoms with Gasteiger partial charge >= 0.3 is 0 Å². The monoisotopic (exact) mass is 606 g/mol. The number of ether oxygens (including phenoxy) is 2. The molecule has 1 unspecified atom stereocenters. The second-order valence-corrected chi connectivity index (χ2v) is 11.6. The Labute approximate surface area is 261 Å². The van der Waals surface area contributed by atoms with Gasteiger partial charge in [-0.1, -0.05) is 67.6 Å². The van der Waals surface area contributed by atoms with E-state index in [0.717, 1.165) is 11.1 Å². The number of anilines is 1. The molecule has 2 aromatic heterocycles. The smallest absolute Gasteiger partial charge is 0.224 e. The largest absolute Gasteiger partial charge is 0.355 e. The van der Waals surface area contributed by atoms with Crippen LogP contribution in [0.2, 0.25) is 0 Å². The maximum absolute atomic E-state index is 13.8. The van der Waals surface area contributed by atoms with E-state index in [-0.39, 0.29) is 17.8 Å². The lowest BCUT2D eigenvalue weighted by Gasteiger charge is -2.36. The Balaban J connectivity index is 1.18. The maximum Gasteiger partial charge on any atom is 0.224 e. The molecule has 0 bridgehead atoms. The van der Waals surface area contributed by atoms with Crippen molar-refractivity contribution in [3.8, 4) is 22.6 Å². The summed E-state index contributed by atoms with van der Waals surface area (Å²) in [5, 5.41) is 6.37. The summed E-state index contributed by atoms with van der Waals surface area (Å²) in [6.45, 7) is 5.17. The molecule has 0 spiro atoms. The van der Waals surface area contributed by atoms with E-state index in [4.69, 9.17) is 19.4 Å². The van der Waals surface area contributed by atoms with Crippen molar-refractivity contribution in [3.63, 3.8) is 0 Å². The van der Waals surface area contributed by atoms with Crippen LogP contribution in [-0.2, 0) is 20.7 Å². The highest BCUT2D eigenvalue weighted by Gasteiger charge is 2.35. The molecule has 0 aliphatic carbocycles. The lowest BCUT2D eigenvalue weighted by molar-refractivity contribution is -0.232. The summed E-state index contributed by atoms with van der Waals surface area (Å²) < 4.78 is 26.1. The fourth-order valence-corrected chi connectivity index (χ4v) is 5.15. The van der Waals surface area contributed by atoms with Gasteiger partial charge in [0, 0.05) is 23.7 Å². The molecule has 230 valence electrons. The van der Waals surface area contributed by atoms with E-state index < -0.39 is 11.7 Å². The molecule has 1 aliphatic heterocycles. The molecule has 1 aliphatic rings.